The predicted octanol–water partition coefficient (Wildman–Crippen LogP) is 1.66. The molecule has 0 saturated carbocycles. The summed E-state index contributed by atoms with van der Waals surface area (Å²) in [4.78, 5) is 0. The molecular weight excluding hydrogens is 250 g/mol. The second-order valence-electron chi connectivity index (χ2n) is 4.65. The normalized spacial score (nSPS) is 21.1. The third-order valence-electron chi connectivity index (χ3n) is 3.19. The fraction of sp³-hybridized carbons (Fsp3) is 0.538. The lowest BCUT2D eigenvalue weighted by molar-refractivity contribution is 0.215. The zero-order chi connectivity index (χ0) is 13.2. The van der Waals surface area contributed by atoms with Crippen molar-refractivity contribution in [3.8, 4) is 5.75 Å². The molecule has 1 atom stereocenters. The Morgan fingerprint density at radius 3 is 2.83 bits per heavy atom. The molecule has 0 radical (unpaired) electrons. The molecule has 1 aromatic carbocycles. The molecule has 1 aliphatic heterocycles. The van der Waals surface area contributed by atoms with Gasteiger partial charge in [0, 0.05) is 6.54 Å². The van der Waals surface area contributed by atoms with Gasteiger partial charge < -0.3 is 4.74 Å². The van der Waals surface area contributed by atoms with Crippen molar-refractivity contribution < 1.29 is 13.2 Å². The van der Waals surface area contributed by atoms with E-state index in [1.807, 2.05) is 18.2 Å². The van der Waals surface area contributed by atoms with E-state index in [1.54, 1.807) is 0 Å². The molecule has 0 amide bonds. The summed E-state index contributed by atoms with van der Waals surface area (Å²) in [5.74, 6) is 0.828. The molecule has 0 aromatic heterocycles. The smallest absolute Gasteiger partial charge is 0.211 e. The van der Waals surface area contributed by atoms with Crippen molar-refractivity contribution in [2.75, 3.05) is 19.3 Å². The Kier molecular flexibility index (Phi) is 3.92. The zero-order valence-corrected chi connectivity index (χ0v) is 11.6. The first-order valence-electron chi connectivity index (χ1n) is 6.19. The van der Waals surface area contributed by atoms with Gasteiger partial charge in [0.05, 0.1) is 12.8 Å². The van der Waals surface area contributed by atoms with Crippen LogP contribution in [0.1, 0.15) is 18.9 Å². The number of rotatable bonds is 4. The first kappa shape index (κ1) is 13.4. The average Bonchev–Trinajstić information content (AvgIpc) is 2.77. The van der Waals surface area contributed by atoms with Crippen molar-refractivity contribution >= 4 is 10.0 Å². The maximum Gasteiger partial charge on any atom is 0.211 e. The molecule has 100 valence electrons. The van der Waals surface area contributed by atoms with Gasteiger partial charge in [-0.15, -0.1) is 0 Å². The molecule has 0 spiro atoms. The van der Waals surface area contributed by atoms with Crippen molar-refractivity contribution in [2.45, 2.75) is 25.9 Å². The highest BCUT2D eigenvalue weighted by Crippen LogP contribution is 2.21. The maximum absolute atomic E-state index is 11.4. The third kappa shape index (κ3) is 3.23. The number of hydrogen-bond acceptors (Lipinski definition) is 3. The lowest BCUT2D eigenvalue weighted by Gasteiger charge is -2.15. The van der Waals surface area contributed by atoms with E-state index in [2.05, 4.69) is 13.0 Å². The summed E-state index contributed by atoms with van der Waals surface area (Å²) in [5, 5.41) is 0. The Balaban J connectivity index is 1.99. The molecule has 1 saturated heterocycles. The summed E-state index contributed by atoms with van der Waals surface area (Å²) >= 11 is 0. The first-order valence-corrected chi connectivity index (χ1v) is 8.04. The summed E-state index contributed by atoms with van der Waals surface area (Å²) in [6.07, 6.45) is 2.93. The quantitative estimate of drug-likeness (QED) is 0.835. The van der Waals surface area contributed by atoms with Gasteiger partial charge in [-0.05, 0) is 30.5 Å². The molecule has 1 fully saturated rings. The second-order valence-corrected chi connectivity index (χ2v) is 6.63. The van der Waals surface area contributed by atoms with Gasteiger partial charge in [0.1, 0.15) is 11.9 Å². The van der Waals surface area contributed by atoms with Crippen LogP contribution in [0, 0.1) is 0 Å². The Bertz CT molecular complexity index is 513. The lowest BCUT2D eigenvalue weighted by Crippen LogP contribution is -2.29. The van der Waals surface area contributed by atoms with Crippen LogP contribution in [-0.4, -0.2) is 38.2 Å². The molecule has 4 nitrogen and oxygen atoms in total. The van der Waals surface area contributed by atoms with Crippen LogP contribution >= 0.6 is 0 Å². The molecule has 1 aromatic rings. The van der Waals surface area contributed by atoms with Crippen molar-refractivity contribution in [3.63, 3.8) is 0 Å². The van der Waals surface area contributed by atoms with Gasteiger partial charge in [0.15, 0.2) is 0 Å². The van der Waals surface area contributed by atoms with Gasteiger partial charge >= 0.3 is 0 Å². The number of nitrogens with zero attached hydrogens (tertiary/aromatic N) is 1. The summed E-state index contributed by atoms with van der Waals surface area (Å²) in [6.45, 7) is 3.10. The Labute approximate surface area is 109 Å². The van der Waals surface area contributed by atoms with Crippen molar-refractivity contribution in [1.82, 2.24) is 4.31 Å². The molecule has 1 aliphatic rings. The van der Waals surface area contributed by atoms with Crippen molar-refractivity contribution in [3.05, 3.63) is 29.8 Å². The lowest BCUT2D eigenvalue weighted by atomic mass is 10.1. The summed E-state index contributed by atoms with van der Waals surface area (Å²) < 4.78 is 30.1. The summed E-state index contributed by atoms with van der Waals surface area (Å²) in [7, 11) is -3.09. The third-order valence-corrected chi connectivity index (χ3v) is 4.46. The van der Waals surface area contributed by atoms with Crippen LogP contribution in [0.5, 0.6) is 5.75 Å². The van der Waals surface area contributed by atoms with Crippen LogP contribution in [-0.2, 0) is 16.4 Å². The van der Waals surface area contributed by atoms with E-state index in [-0.39, 0.29) is 6.10 Å². The van der Waals surface area contributed by atoms with Crippen LogP contribution < -0.4 is 4.74 Å². The minimum absolute atomic E-state index is 0.0353. The number of benzene rings is 1. The highest BCUT2D eigenvalue weighted by molar-refractivity contribution is 7.88. The van der Waals surface area contributed by atoms with Crippen LogP contribution in [0.4, 0.5) is 0 Å². The molecule has 2 rings (SSSR count). The molecule has 0 aliphatic carbocycles. The fourth-order valence-corrected chi connectivity index (χ4v) is 3.00. The highest BCUT2D eigenvalue weighted by Gasteiger charge is 2.29. The van der Waals surface area contributed by atoms with Gasteiger partial charge in [0.2, 0.25) is 10.0 Å². The van der Waals surface area contributed by atoms with Gasteiger partial charge in [-0.2, -0.15) is 4.31 Å². The Morgan fingerprint density at radius 2 is 2.22 bits per heavy atom. The topological polar surface area (TPSA) is 46.6 Å². The van der Waals surface area contributed by atoms with Crippen LogP contribution in [0.2, 0.25) is 0 Å². The van der Waals surface area contributed by atoms with Gasteiger partial charge in [-0.1, -0.05) is 19.1 Å². The van der Waals surface area contributed by atoms with E-state index < -0.39 is 10.0 Å². The van der Waals surface area contributed by atoms with Crippen molar-refractivity contribution in [2.24, 2.45) is 0 Å². The summed E-state index contributed by atoms with van der Waals surface area (Å²) in [5.41, 5.74) is 1.23. The molecular formula is C13H19NO3S. The van der Waals surface area contributed by atoms with E-state index >= 15 is 0 Å². The van der Waals surface area contributed by atoms with E-state index in [0.29, 0.717) is 13.1 Å². The highest BCUT2D eigenvalue weighted by atomic mass is 32.2. The fourth-order valence-electron chi connectivity index (χ4n) is 2.13. The molecule has 1 heterocycles. The monoisotopic (exact) mass is 269 g/mol. The first-order chi connectivity index (χ1) is 8.49. The Hall–Kier alpha value is -1.07. The number of hydrogen-bond donors (Lipinski definition) is 0. The zero-order valence-electron chi connectivity index (χ0n) is 10.8. The maximum atomic E-state index is 11.4. The Morgan fingerprint density at radius 1 is 1.44 bits per heavy atom. The summed E-state index contributed by atoms with van der Waals surface area (Å²) in [6, 6.07) is 7.97. The van der Waals surface area contributed by atoms with E-state index in [0.717, 1.165) is 18.6 Å². The molecule has 1 unspecified atom stereocenters. The number of ether oxygens (including phenoxy) is 1. The molecule has 0 N–H and O–H groups in total. The van der Waals surface area contributed by atoms with Crippen LogP contribution in [0.3, 0.4) is 0 Å². The second kappa shape index (κ2) is 5.28. The predicted molar refractivity (Wildman–Crippen MR) is 71.3 cm³/mol. The van der Waals surface area contributed by atoms with Gasteiger partial charge in [-0.25, -0.2) is 8.42 Å². The van der Waals surface area contributed by atoms with Crippen molar-refractivity contribution in [1.29, 1.82) is 0 Å². The SMILES string of the molecule is CCc1cccc(OC2CCN(S(C)(=O)=O)C2)c1. The average molecular weight is 269 g/mol. The minimum atomic E-state index is -3.09. The molecule has 5 heteroatoms. The molecule has 0 bridgehead atoms. The van der Waals surface area contributed by atoms with Crippen LogP contribution in [0.25, 0.3) is 0 Å². The number of sulfonamides is 1. The van der Waals surface area contributed by atoms with E-state index in [1.165, 1.54) is 16.1 Å². The van der Waals surface area contributed by atoms with Crippen LogP contribution in [0.15, 0.2) is 24.3 Å². The molecule has 18 heavy (non-hydrogen) atoms. The standard InChI is InChI=1S/C13H19NO3S/c1-3-11-5-4-6-12(9-11)17-13-7-8-14(10-13)18(2,15)16/h4-6,9,13H,3,7-8,10H2,1-2H3. The largest absolute Gasteiger partial charge is 0.489 e. The minimum Gasteiger partial charge on any atom is -0.489 e. The van der Waals surface area contributed by atoms with E-state index in [9.17, 15) is 8.42 Å². The number of aryl methyl sites for hydroxylation is 1. The van der Waals surface area contributed by atoms with E-state index in [4.69, 9.17) is 4.74 Å². The van der Waals surface area contributed by atoms with Gasteiger partial charge in [0.25, 0.3) is 0 Å². The van der Waals surface area contributed by atoms with Gasteiger partial charge in [-0.3, -0.25) is 0 Å².